The Morgan fingerprint density at radius 1 is 2.00 bits per heavy atom. The monoisotopic (exact) mass is 98.1 g/mol. The zero-order valence-corrected chi connectivity index (χ0v) is 3.97. The highest BCUT2D eigenvalue weighted by Gasteiger charge is 1.90. The van der Waals surface area contributed by atoms with Crippen LogP contribution in [0.5, 0.6) is 0 Å². The van der Waals surface area contributed by atoms with Crippen molar-refractivity contribution in [3.63, 3.8) is 0 Å². The summed E-state index contributed by atoms with van der Waals surface area (Å²) in [5.74, 6) is -0.234. The molecule has 0 fully saturated rings. The highest BCUT2D eigenvalue weighted by Crippen LogP contribution is 1.68. The van der Waals surface area contributed by atoms with Gasteiger partial charge in [0.1, 0.15) is 0 Å². The zero-order valence-electron chi connectivity index (χ0n) is 3.97. The summed E-state index contributed by atoms with van der Waals surface area (Å²) in [5, 5.41) is 14.5. The fourth-order valence-corrected chi connectivity index (χ4v) is 0.0539. The molecule has 0 spiro atoms. The van der Waals surface area contributed by atoms with Crippen molar-refractivity contribution in [2.45, 2.75) is 0 Å². The Bertz CT molecular complexity index is 111. The number of nitrogens with one attached hydrogen (secondary N) is 1. The Kier molecular flexibility index (Phi) is 1.67. The number of rotatable bonds is 0. The Morgan fingerprint density at radius 3 is 2.43 bits per heavy atom. The lowest BCUT2D eigenvalue weighted by Gasteiger charge is -2.01. The molecule has 0 rings (SSSR count). The average molecular weight is 98.1 g/mol. The molecule has 3 N–H and O–H groups in total. The molecule has 0 aliphatic heterocycles. The van der Waals surface area contributed by atoms with Crippen LogP contribution in [0.25, 0.3) is 0 Å². The second-order valence-electron chi connectivity index (χ2n) is 1.04. The van der Waals surface area contributed by atoms with E-state index in [0.29, 0.717) is 0 Å². The van der Waals surface area contributed by atoms with Crippen LogP contribution in [0.4, 0.5) is 0 Å². The standard InChI is InChI=1S/C3H6N4/c1-7(2-4)3(5)6/h1H3,(H3,5,6). The van der Waals surface area contributed by atoms with E-state index in [9.17, 15) is 0 Å². The van der Waals surface area contributed by atoms with Crippen LogP contribution in [0.1, 0.15) is 0 Å². The van der Waals surface area contributed by atoms with Gasteiger partial charge >= 0.3 is 0 Å². The third kappa shape index (κ3) is 1.60. The van der Waals surface area contributed by atoms with E-state index in [1.807, 2.05) is 0 Å². The van der Waals surface area contributed by atoms with Gasteiger partial charge in [0, 0.05) is 7.05 Å². The minimum absolute atomic E-state index is 0.234. The Morgan fingerprint density at radius 2 is 2.43 bits per heavy atom. The van der Waals surface area contributed by atoms with Crippen molar-refractivity contribution < 1.29 is 0 Å². The molecule has 38 valence electrons. The molecule has 0 aliphatic carbocycles. The maximum Gasteiger partial charge on any atom is 0.201 e. The summed E-state index contributed by atoms with van der Waals surface area (Å²) in [7, 11) is 1.42. The van der Waals surface area contributed by atoms with Gasteiger partial charge in [0.25, 0.3) is 0 Å². The molecule has 0 aromatic heterocycles. The predicted molar refractivity (Wildman–Crippen MR) is 25.3 cm³/mol. The van der Waals surface area contributed by atoms with Crippen LogP contribution in [-0.2, 0) is 0 Å². The molecular weight excluding hydrogens is 92.1 g/mol. The number of guanidine groups is 1. The Balaban J connectivity index is 3.63. The van der Waals surface area contributed by atoms with Gasteiger partial charge in [0.15, 0.2) is 6.19 Å². The molecule has 0 aliphatic rings. The maximum atomic E-state index is 7.96. The second kappa shape index (κ2) is 2.03. The molecule has 0 amide bonds. The second-order valence-corrected chi connectivity index (χ2v) is 1.04. The normalized spacial score (nSPS) is 6.86. The molecule has 7 heavy (non-hydrogen) atoms. The van der Waals surface area contributed by atoms with E-state index < -0.39 is 0 Å². The summed E-state index contributed by atoms with van der Waals surface area (Å²) in [6.07, 6.45) is 1.65. The molecule has 0 radical (unpaired) electrons. The lowest BCUT2D eigenvalue weighted by molar-refractivity contribution is 0.694. The first-order valence-corrected chi connectivity index (χ1v) is 1.66. The molecular formula is C3H6N4. The van der Waals surface area contributed by atoms with Gasteiger partial charge in [-0.1, -0.05) is 0 Å². The summed E-state index contributed by atoms with van der Waals surface area (Å²) < 4.78 is 0. The molecule has 0 bridgehead atoms. The van der Waals surface area contributed by atoms with Gasteiger partial charge < -0.3 is 5.73 Å². The van der Waals surface area contributed by atoms with Gasteiger partial charge in [0.2, 0.25) is 5.96 Å². The third-order valence-electron chi connectivity index (χ3n) is 0.511. The summed E-state index contributed by atoms with van der Waals surface area (Å²) in [6.45, 7) is 0. The first kappa shape index (κ1) is 5.76. The SMILES string of the molecule is CN(C#N)C(=N)N. The largest absolute Gasteiger partial charge is 0.369 e. The first-order valence-electron chi connectivity index (χ1n) is 1.66. The van der Waals surface area contributed by atoms with Crippen molar-refractivity contribution >= 4 is 5.96 Å². The smallest absolute Gasteiger partial charge is 0.201 e. The van der Waals surface area contributed by atoms with Crippen molar-refractivity contribution in [1.82, 2.24) is 4.90 Å². The van der Waals surface area contributed by atoms with E-state index in [4.69, 9.17) is 16.4 Å². The first-order chi connectivity index (χ1) is 3.18. The lowest BCUT2D eigenvalue weighted by atomic mass is 10.8. The van der Waals surface area contributed by atoms with E-state index in [1.165, 1.54) is 7.05 Å². The molecule has 4 nitrogen and oxygen atoms in total. The van der Waals surface area contributed by atoms with Crippen LogP contribution >= 0.6 is 0 Å². The van der Waals surface area contributed by atoms with Gasteiger partial charge in [-0.2, -0.15) is 5.26 Å². The van der Waals surface area contributed by atoms with E-state index in [-0.39, 0.29) is 5.96 Å². The van der Waals surface area contributed by atoms with Gasteiger partial charge in [-0.05, 0) is 0 Å². The van der Waals surface area contributed by atoms with Gasteiger partial charge in [-0.15, -0.1) is 0 Å². The highest BCUT2D eigenvalue weighted by atomic mass is 15.2. The van der Waals surface area contributed by atoms with Crippen LogP contribution in [-0.4, -0.2) is 17.9 Å². The molecule has 0 unspecified atom stereocenters. The van der Waals surface area contributed by atoms with Crippen LogP contribution < -0.4 is 5.73 Å². The zero-order chi connectivity index (χ0) is 5.86. The Hall–Kier alpha value is -1.24. The Labute approximate surface area is 41.6 Å². The van der Waals surface area contributed by atoms with Gasteiger partial charge in [-0.3, -0.25) is 10.3 Å². The van der Waals surface area contributed by atoms with Crippen LogP contribution in [0.15, 0.2) is 0 Å². The summed E-state index contributed by atoms with van der Waals surface area (Å²) >= 11 is 0. The minimum atomic E-state index is -0.234. The van der Waals surface area contributed by atoms with Crippen LogP contribution in [0.2, 0.25) is 0 Å². The minimum Gasteiger partial charge on any atom is -0.369 e. The number of nitrogens with two attached hydrogens (primary N) is 1. The van der Waals surface area contributed by atoms with Crippen molar-refractivity contribution in [3.05, 3.63) is 0 Å². The van der Waals surface area contributed by atoms with Crippen LogP contribution in [0.3, 0.4) is 0 Å². The summed E-state index contributed by atoms with van der Waals surface area (Å²) in [6, 6.07) is 0. The lowest BCUT2D eigenvalue weighted by Crippen LogP contribution is -2.28. The average Bonchev–Trinajstić information content (AvgIpc) is 1.65. The molecule has 4 heteroatoms. The van der Waals surface area contributed by atoms with Crippen molar-refractivity contribution in [2.75, 3.05) is 7.05 Å². The van der Waals surface area contributed by atoms with E-state index in [0.717, 1.165) is 4.90 Å². The molecule has 0 aromatic carbocycles. The third-order valence-corrected chi connectivity index (χ3v) is 0.511. The fourth-order valence-electron chi connectivity index (χ4n) is 0.0539. The number of hydrogen-bond acceptors (Lipinski definition) is 2. The quantitative estimate of drug-likeness (QED) is 0.182. The van der Waals surface area contributed by atoms with Crippen molar-refractivity contribution in [2.24, 2.45) is 5.73 Å². The topological polar surface area (TPSA) is 76.9 Å². The van der Waals surface area contributed by atoms with Gasteiger partial charge in [0.05, 0.1) is 0 Å². The number of hydrogen-bond donors (Lipinski definition) is 2. The van der Waals surface area contributed by atoms with E-state index >= 15 is 0 Å². The summed E-state index contributed by atoms with van der Waals surface area (Å²) in [5.41, 5.74) is 4.83. The molecule has 0 saturated carbocycles. The number of nitriles is 1. The highest BCUT2D eigenvalue weighted by molar-refractivity contribution is 5.75. The van der Waals surface area contributed by atoms with Crippen LogP contribution in [0, 0.1) is 16.9 Å². The molecule has 0 heterocycles. The van der Waals surface area contributed by atoms with Crippen molar-refractivity contribution in [3.8, 4) is 6.19 Å². The fraction of sp³-hybridized carbons (Fsp3) is 0.333. The number of nitrogens with zero attached hydrogens (tertiary/aromatic N) is 2. The predicted octanol–water partition coefficient (Wildman–Crippen LogP) is -0.707. The maximum absolute atomic E-state index is 7.96. The van der Waals surface area contributed by atoms with Crippen molar-refractivity contribution in [1.29, 1.82) is 10.7 Å². The van der Waals surface area contributed by atoms with E-state index in [1.54, 1.807) is 6.19 Å². The molecule has 0 atom stereocenters. The van der Waals surface area contributed by atoms with Gasteiger partial charge in [-0.25, -0.2) is 0 Å². The summed E-state index contributed by atoms with van der Waals surface area (Å²) in [4.78, 5) is 0.958. The molecule has 0 saturated heterocycles. The van der Waals surface area contributed by atoms with E-state index in [2.05, 4.69) is 0 Å². The molecule has 0 aromatic rings.